The molecule has 120 valence electrons. The lowest BCUT2D eigenvalue weighted by atomic mass is 10.2. The summed E-state index contributed by atoms with van der Waals surface area (Å²) in [5, 5.41) is 3.66. The third-order valence-corrected chi connectivity index (χ3v) is 4.36. The van der Waals surface area contributed by atoms with Gasteiger partial charge in [0, 0.05) is 12.6 Å². The zero-order valence-corrected chi connectivity index (χ0v) is 13.8. The van der Waals surface area contributed by atoms with Gasteiger partial charge in [0.1, 0.15) is 6.23 Å². The van der Waals surface area contributed by atoms with Gasteiger partial charge in [0.2, 0.25) is 5.28 Å². The Labute approximate surface area is 135 Å². The van der Waals surface area contributed by atoms with E-state index in [4.69, 9.17) is 16.3 Å². The van der Waals surface area contributed by atoms with Gasteiger partial charge in [-0.2, -0.15) is 9.97 Å². The molecule has 1 atom stereocenters. The Hall–Kier alpha value is -1.40. The average molecular weight is 324 g/mol. The minimum absolute atomic E-state index is 0.00860. The normalized spacial score (nSPS) is 19.0. The van der Waals surface area contributed by atoms with Gasteiger partial charge in [-0.15, -0.1) is 0 Å². The van der Waals surface area contributed by atoms with Gasteiger partial charge in [-0.3, -0.25) is 4.57 Å². The Bertz CT molecular complexity index is 634. The molecular formula is C15H22ClN5O. The highest BCUT2D eigenvalue weighted by molar-refractivity contribution is 6.28. The van der Waals surface area contributed by atoms with E-state index < -0.39 is 0 Å². The van der Waals surface area contributed by atoms with Gasteiger partial charge >= 0.3 is 0 Å². The minimum Gasteiger partial charge on any atom is -0.365 e. The van der Waals surface area contributed by atoms with Crippen molar-refractivity contribution in [1.82, 2.24) is 19.5 Å². The van der Waals surface area contributed by atoms with E-state index in [9.17, 15) is 0 Å². The Morgan fingerprint density at radius 3 is 2.86 bits per heavy atom. The predicted octanol–water partition coefficient (Wildman–Crippen LogP) is 3.78. The first-order valence-electron chi connectivity index (χ1n) is 8.01. The van der Waals surface area contributed by atoms with Gasteiger partial charge in [-0.1, -0.05) is 13.8 Å². The lowest BCUT2D eigenvalue weighted by Gasteiger charge is -2.23. The van der Waals surface area contributed by atoms with Crippen LogP contribution >= 0.6 is 11.6 Å². The molecule has 7 heteroatoms. The zero-order chi connectivity index (χ0) is 15.5. The Morgan fingerprint density at radius 1 is 1.36 bits per heavy atom. The predicted molar refractivity (Wildman–Crippen MR) is 87.2 cm³/mol. The van der Waals surface area contributed by atoms with Gasteiger partial charge in [0.15, 0.2) is 17.0 Å². The molecule has 6 nitrogen and oxygen atoms in total. The number of fused-ring (bicyclic) bond motifs is 1. The fraction of sp³-hybridized carbons (Fsp3) is 0.667. The number of hydrogen-bond acceptors (Lipinski definition) is 5. The second-order valence-electron chi connectivity index (χ2n) is 5.64. The van der Waals surface area contributed by atoms with Crippen LogP contribution in [0, 0.1) is 0 Å². The standard InChI is InChI=1S/C15H22ClN5O/c1-3-10(4-2)18-13-12-14(20-15(16)19-13)21(9-17-12)11-7-5-6-8-22-11/h9-11H,3-8H2,1-2H3,(H,18,19,20). The van der Waals surface area contributed by atoms with Gasteiger partial charge in [-0.05, 0) is 43.7 Å². The third-order valence-electron chi connectivity index (χ3n) is 4.19. The van der Waals surface area contributed by atoms with Crippen LogP contribution in [0.4, 0.5) is 5.82 Å². The molecule has 1 aliphatic rings. The van der Waals surface area contributed by atoms with E-state index in [2.05, 4.69) is 34.1 Å². The van der Waals surface area contributed by atoms with Crippen molar-refractivity contribution in [3.63, 3.8) is 0 Å². The topological polar surface area (TPSA) is 64.9 Å². The van der Waals surface area contributed by atoms with Gasteiger partial charge < -0.3 is 10.1 Å². The van der Waals surface area contributed by atoms with Crippen LogP contribution in [0.2, 0.25) is 5.28 Å². The number of nitrogens with one attached hydrogen (secondary N) is 1. The van der Waals surface area contributed by atoms with Crippen molar-refractivity contribution in [3.05, 3.63) is 11.6 Å². The van der Waals surface area contributed by atoms with Crippen LogP contribution in [0.5, 0.6) is 0 Å². The molecule has 1 N–H and O–H groups in total. The van der Waals surface area contributed by atoms with Gasteiger partial charge in [0.05, 0.1) is 6.33 Å². The Kier molecular flexibility index (Phi) is 4.78. The summed E-state index contributed by atoms with van der Waals surface area (Å²) in [6, 6.07) is 0.352. The lowest BCUT2D eigenvalue weighted by molar-refractivity contribution is -0.0298. The van der Waals surface area contributed by atoms with Crippen molar-refractivity contribution in [1.29, 1.82) is 0 Å². The molecule has 22 heavy (non-hydrogen) atoms. The Morgan fingerprint density at radius 2 is 2.18 bits per heavy atom. The summed E-state index contributed by atoms with van der Waals surface area (Å²) in [6.45, 7) is 5.08. The van der Waals surface area contributed by atoms with Crippen LogP contribution in [0.15, 0.2) is 6.33 Å². The smallest absolute Gasteiger partial charge is 0.226 e. The number of hydrogen-bond donors (Lipinski definition) is 1. The molecule has 1 aliphatic heterocycles. The molecule has 0 saturated carbocycles. The lowest BCUT2D eigenvalue weighted by Crippen LogP contribution is -2.19. The molecule has 1 saturated heterocycles. The van der Waals surface area contributed by atoms with Crippen molar-refractivity contribution >= 4 is 28.6 Å². The fourth-order valence-electron chi connectivity index (χ4n) is 2.83. The molecule has 0 radical (unpaired) electrons. The first-order chi connectivity index (χ1) is 10.7. The van der Waals surface area contributed by atoms with Crippen molar-refractivity contribution in [2.45, 2.75) is 58.2 Å². The second-order valence-corrected chi connectivity index (χ2v) is 5.98. The first-order valence-corrected chi connectivity index (χ1v) is 8.39. The maximum atomic E-state index is 6.12. The van der Waals surface area contributed by atoms with Gasteiger partial charge in [-0.25, -0.2) is 4.98 Å². The van der Waals surface area contributed by atoms with E-state index in [0.29, 0.717) is 11.9 Å². The molecular weight excluding hydrogens is 302 g/mol. The van der Waals surface area contributed by atoms with Gasteiger partial charge in [0.25, 0.3) is 0 Å². The number of ether oxygens (including phenoxy) is 1. The summed E-state index contributed by atoms with van der Waals surface area (Å²) in [5.74, 6) is 0.707. The van der Waals surface area contributed by atoms with E-state index >= 15 is 0 Å². The minimum atomic E-state index is -0.00860. The van der Waals surface area contributed by atoms with E-state index in [1.165, 1.54) is 0 Å². The largest absolute Gasteiger partial charge is 0.365 e. The molecule has 2 aromatic rings. The molecule has 1 unspecified atom stereocenters. The maximum absolute atomic E-state index is 6.12. The number of anilines is 1. The number of rotatable bonds is 5. The number of halogens is 1. The van der Waals surface area contributed by atoms with Crippen molar-refractivity contribution < 1.29 is 4.74 Å². The summed E-state index contributed by atoms with van der Waals surface area (Å²) in [7, 11) is 0. The molecule has 0 aliphatic carbocycles. The number of imidazole rings is 1. The molecule has 3 rings (SSSR count). The third kappa shape index (κ3) is 3.03. The summed E-state index contributed by atoms with van der Waals surface area (Å²) in [6.07, 6.45) is 7.05. The van der Waals surface area contributed by atoms with E-state index in [1.807, 2.05) is 4.57 Å². The average Bonchev–Trinajstić information content (AvgIpc) is 2.97. The van der Waals surface area contributed by atoms with E-state index in [-0.39, 0.29) is 11.5 Å². The van der Waals surface area contributed by atoms with Crippen molar-refractivity contribution in [2.24, 2.45) is 0 Å². The molecule has 0 bridgehead atoms. The highest BCUT2D eigenvalue weighted by Crippen LogP contribution is 2.29. The monoisotopic (exact) mass is 323 g/mol. The zero-order valence-electron chi connectivity index (χ0n) is 13.0. The van der Waals surface area contributed by atoms with Crippen LogP contribution in [-0.4, -0.2) is 32.2 Å². The van der Waals surface area contributed by atoms with Crippen LogP contribution in [-0.2, 0) is 4.74 Å². The molecule has 0 amide bonds. The molecule has 2 aromatic heterocycles. The molecule has 3 heterocycles. The summed E-state index contributed by atoms with van der Waals surface area (Å²) >= 11 is 6.12. The van der Waals surface area contributed by atoms with Crippen LogP contribution in [0.25, 0.3) is 11.2 Å². The number of nitrogens with zero attached hydrogens (tertiary/aromatic N) is 4. The fourth-order valence-corrected chi connectivity index (χ4v) is 3.00. The van der Waals surface area contributed by atoms with Crippen LogP contribution < -0.4 is 5.32 Å². The van der Waals surface area contributed by atoms with Crippen LogP contribution in [0.1, 0.15) is 52.2 Å². The number of aromatic nitrogens is 4. The summed E-state index contributed by atoms with van der Waals surface area (Å²) in [4.78, 5) is 13.2. The van der Waals surface area contributed by atoms with E-state index in [0.717, 1.165) is 49.9 Å². The van der Waals surface area contributed by atoms with Crippen LogP contribution in [0.3, 0.4) is 0 Å². The van der Waals surface area contributed by atoms with E-state index in [1.54, 1.807) is 6.33 Å². The second kappa shape index (κ2) is 6.79. The first kappa shape index (κ1) is 15.5. The Balaban J connectivity index is 1.98. The van der Waals surface area contributed by atoms with Crippen molar-refractivity contribution in [3.8, 4) is 0 Å². The quantitative estimate of drug-likeness (QED) is 0.848. The molecule has 0 spiro atoms. The molecule has 1 fully saturated rings. The SMILES string of the molecule is CCC(CC)Nc1nc(Cl)nc2c1ncn2C1CCCCO1. The summed E-state index contributed by atoms with van der Waals surface area (Å²) < 4.78 is 7.81. The highest BCUT2D eigenvalue weighted by Gasteiger charge is 2.21. The maximum Gasteiger partial charge on any atom is 0.226 e. The molecule has 0 aromatic carbocycles. The summed E-state index contributed by atoms with van der Waals surface area (Å²) in [5.41, 5.74) is 1.49. The highest BCUT2D eigenvalue weighted by atomic mass is 35.5. The van der Waals surface area contributed by atoms with Crippen molar-refractivity contribution in [2.75, 3.05) is 11.9 Å².